The molecule has 1 aliphatic rings. The second-order valence-corrected chi connectivity index (χ2v) is 7.71. The van der Waals surface area contributed by atoms with Crippen LogP contribution in [0.25, 0.3) is 0 Å². The van der Waals surface area contributed by atoms with Crippen LogP contribution in [0.4, 0.5) is 11.8 Å². The maximum Gasteiger partial charge on any atom is 0.222 e. The van der Waals surface area contributed by atoms with E-state index in [4.69, 9.17) is 5.73 Å². The van der Waals surface area contributed by atoms with E-state index in [1.54, 1.807) is 0 Å². The van der Waals surface area contributed by atoms with Crippen molar-refractivity contribution < 1.29 is 0 Å². The number of nitrogen functional groups attached to an aromatic ring is 1. The normalized spacial score (nSPS) is 17.0. The van der Waals surface area contributed by atoms with Crippen molar-refractivity contribution in [2.45, 2.75) is 32.6 Å². The van der Waals surface area contributed by atoms with Crippen LogP contribution in [0.5, 0.6) is 0 Å². The molecule has 0 bridgehead atoms. The van der Waals surface area contributed by atoms with Crippen molar-refractivity contribution in [3.05, 3.63) is 11.8 Å². The molecule has 2 heterocycles. The Morgan fingerprint density at radius 2 is 1.78 bits per heavy atom. The summed E-state index contributed by atoms with van der Waals surface area (Å²) >= 11 is 0. The minimum Gasteiger partial charge on any atom is -0.368 e. The molecule has 2 N–H and O–H groups in total. The Morgan fingerprint density at radius 1 is 1.13 bits per heavy atom. The highest BCUT2D eigenvalue weighted by atomic mass is 15.3. The molecule has 6 heteroatoms. The van der Waals surface area contributed by atoms with Gasteiger partial charge in [0.1, 0.15) is 5.82 Å². The fourth-order valence-electron chi connectivity index (χ4n) is 2.81. The smallest absolute Gasteiger partial charge is 0.222 e. The zero-order valence-corrected chi connectivity index (χ0v) is 15.3. The summed E-state index contributed by atoms with van der Waals surface area (Å²) in [6.07, 6.45) is 1.22. The van der Waals surface area contributed by atoms with Crippen molar-refractivity contribution in [1.82, 2.24) is 19.8 Å². The van der Waals surface area contributed by atoms with Gasteiger partial charge in [-0.2, -0.15) is 4.98 Å². The van der Waals surface area contributed by atoms with E-state index in [9.17, 15) is 0 Å². The Labute approximate surface area is 140 Å². The third-order valence-electron chi connectivity index (χ3n) is 4.27. The summed E-state index contributed by atoms with van der Waals surface area (Å²) in [6.45, 7) is 13.0. The second-order valence-electron chi connectivity index (χ2n) is 7.71. The Morgan fingerprint density at radius 3 is 2.35 bits per heavy atom. The summed E-state index contributed by atoms with van der Waals surface area (Å²) in [4.78, 5) is 16.0. The van der Waals surface area contributed by atoms with Crippen LogP contribution in [0.15, 0.2) is 6.07 Å². The fourth-order valence-corrected chi connectivity index (χ4v) is 2.81. The molecule has 6 nitrogen and oxygen atoms in total. The monoisotopic (exact) mass is 320 g/mol. The van der Waals surface area contributed by atoms with E-state index in [1.165, 1.54) is 13.0 Å². The molecule has 1 aromatic rings. The van der Waals surface area contributed by atoms with E-state index in [0.29, 0.717) is 5.95 Å². The van der Waals surface area contributed by atoms with Gasteiger partial charge in [0.25, 0.3) is 0 Å². The number of hydrogen-bond acceptors (Lipinski definition) is 6. The first-order chi connectivity index (χ1) is 10.8. The molecule has 2 rings (SSSR count). The lowest BCUT2D eigenvalue weighted by Gasteiger charge is -2.36. The average molecular weight is 320 g/mol. The van der Waals surface area contributed by atoms with E-state index in [0.717, 1.165) is 44.2 Å². The molecule has 0 amide bonds. The van der Waals surface area contributed by atoms with E-state index in [-0.39, 0.29) is 5.41 Å². The van der Waals surface area contributed by atoms with Crippen LogP contribution in [0.1, 0.15) is 32.9 Å². The van der Waals surface area contributed by atoms with Crippen LogP contribution in [-0.2, 0) is 5.41 Å². The minimum atomic E-state index is -0.0141. The van der Waals surface area contributed by atoms with Gasteiger partial charge in [0.05, 0.1) is 5.69 Å². The predicted molar refractivity (Wildman–Crippen MR) is 97.0 cm³/mol. The largest absolute Gasteiger partial charge is 0.368 e. The number of nitrogens with two attached hydrogens (primary N) is 1. The van der Waals surface area contributed by atoms with E-state index in [2.05, 4.69) is 65.6 Å². The molecule has 0 aliphatic carbocycles. The van der Waals surface area contributed by atoms with Crippen molar-refractivity contribution in [3.63, 3.8) is 0 Å². The molecule has 1 aliphatic heterocycles. The van der Waals surface area contributed by atoms with Crippen LogP contribution in [0.3, 0.4) is 0 Å². The van der Waals surface area contributed by atoms with Crippen molar-refractivity contribution in [1.29, 1.82) is 0 Å². The van der Waals surface area contributed by atoms with E-state index < -0.39 is 0 Å². The van der Waals surface area contributed by atoms with Crippen molar-refractivity contribution in [3.8, 4) is 0 Å². The summed E-state index contributed by atoms with van der Waals surface area (Å²) in [5.41, 5.74) is 6.91. The molecule has 0 aromatic carbocycles. The lowest BCUT2D eigenvalue weighted by molar-refractivity contribution is 0.242. The third kappa shape index (κ3) is 5.32. The highest BCUT2D eigenvalue weighted by molar-refractivity contribution is 5.45. The first-order valence-corrected chi connectivity index (χ1v) is 8.53. The van der Waals surface area contributed by atoms with E-state index in [1.807, 2.05) is 0 Å². The molecule has 0 atom stereocenters. The first kappa shape index (κ1) is 17.9. The van der Waals surface area contributed by atoms with Gasteiger partial charge < -0.3 is 15.5 Å². The van der Waals surface area contributed by atoms with Gasteiger partial charge in [-0.3, -0.25) is 4.90 Å². The van der Waals surface area contributed by atoms with Gasteiger partial charge in [-0.15, -0.1) is 0 Å². The molecule has 23 heavy (non-hydrogen) atoms. The number of aromatic nitrogens is 2. The molecular weight excluding hydrogens is 288 g/mol. The maximum atomic E-state index is 5.92. The highest BCUT2D eigenvalue weighted by Gasteiger charge is 2.22. The fraction of sp³-hybridized carbons (Fsp3) is 0.765. The highest BCUT2D eigenvalue weighted by Crippen LogP contribution is 2.25. The van der Waals surface area contributed by atoms with Gasteiger partial charge in [-0.1, -0.05) is 20.8 Å². The number of piperazine rings is 1. The van der Waals surface area contributed by atoms with Gasteiger partial charge in [-0.05, 0) is 33.6 Å². The zero-order chi connectivity index (χ0) is 17.0. The summed E-state index contributed by atoms with van der Waals surface area (Å²) in [5, 5.41) is 0. The molecule has 0 unspecified atom stereocenters. The second kappa shape index (κ2) is 7.45. The Hall–Kier alpha value is -1.40. The van der Waals surface area contributed by atoms with Crippen molar-refractivity contribution >= 4 is 11.8 Å². The van der Waals surface area contributed by atoms with Crippen LogP contribution in [0, 0.1) is 0 Å². The topological polar surface area (TPSA) is 61.5 Å². The number of hydrogen-bond donors (Lipinski definition) is 1. The molecule has 1 fully saturated rings. The minimum absolute atomic E-state index is 0.0141. The molecule has 0 saturated carbocycles. The number of rotatable bonds is 5. The maximum absolute atomic E-state index is 5.92. The van der Waals surface area contributed by atoms with Gasteiger partial charge in [-0.25, -0.2) is 4.98 Å². The molecular formula is C17H32N6. The third-order valence-corrected chi connectivity index (χ3v) is 4.27. The summed E-state index contributed by atoms with van der Waals surface area (Å²) in [6, 6.07) is 2.10. The first-order valence-electron chi connectivity index (χ1n) is 8.53. The summed E-state index contributed by atoms with van der Waals surface area (Å²) < 4.78 is 0. The zero-order valence-electron chi connectivity index (χ0n) is 15.3. The standard InChI is InChI=1S/C17H32N6/c1-17(2,3)14-13-15(20-16(18)19-14)23-11-9-22(10-12-23)8-6-7-21(4)5/h13H,6-12H2,1-5H3,(H2,18,19,20). The Balaban J connectivity index is 1.94. The van der Waals surface area contributed by atoms with Crippen molar-refractivity contribution in [2.75, 3.05) is 64.0 Å². The molecule has 130 valence electrons. The predicted octanol–water partition coefficient (Wildman–Crippen LogP) is 1.43. The summed E-state index contributed by atoms with van der Waals surface area (Å²) in [7, 11) is 4.26. The van der Waals surface area contributed by atoms with Gasteiger partial charge in [0.2, 0.25) is 5.95 Å². The quantitative estimate of drug-likeness (QED) is 0.885. The summed E-state index contributed by atoms with van der Waals surface area (Å²) in [5.74, 6) is 1.34. The van der Waals surface area contributed by atoms with Crippen LogP contribution in [-0.4, -0.2) is 73.1 Å². The SMILES string of the molecule is CN(C)CCCN1CCN(c2cc(C(C)(C)C)nc(N)n2)CC1. The Bertz CT molecular complexity index is 500. The average Bonchev–Trinajstić information content (AvgIpc) is 2.46. The number of anilines is 2. The molecule has 1 aromatic heterocycles. The van der Waals surface area contributed by atoms with Crippen LogP contribution >= 0.6 is 0 Å². The molecule has 0 radical (unpaired) electrons. The van der Waals surface area contributed by atoms with Crippen LogP contribution < -0.4 is 10.6 Å². The lowest BCUT2D eigenvalue weighted by atomic mass is 9.92. The lowest BCUT2D eigenvalue weighted by Crippen LogP contribution is -2.47. The van der Waals surface area contributed by atoms with Gasteiger partial charge in [0.15, 0.2) is 0 Å². The molecule has 1 saturated heterocycles. The number of nitrogens with zero attached hydrogens (tertiary/aromatic N) is 5. The van der Waals surface area contributed by atoms with Gasteiger partial charge in [0, 0.05) is 37.7 Å². The molecule has 0 spiro atoms. The van der Waals surface area contributed by atoms with Crippen molar-refractivity contribution in [2.24, 2.45) is 0 Å². The van der Waals surface area contributed by atoms with Gasteiger partial charge >= 0.3 is 0 Å². The Kier molecular flexibility index (Phi) is 5.81. The van der Waals surface area contributed by atoms with E-state index >= 15 is 0 Å². The van der Waals surface area contributed by atoms with Crippen LogP contribution in [0.2, 0.25) is 0 Å².